The molecule has 0 heterocycles. The molecule has 0 saturated heterocycles. The van der Waals surface area contributed by atoms with Crippen molar-refractivity contribution in [3.63, 3.8) is 0 Å². The highest BCUT2D eigenvalue weighted by Crippen LogP contribution is 2.20. The summed E-state index contributed by atoms with van der Waals surface area (Å²) < 4.78 is 44.1. The van der Waals surface area contributed by atoms with E-state index in [0.717, 1.165) is 12.1 Å². The van der Waals surface area contributed by atoms with Crippen LogP contribution in [0.4, 0.5) is 4.39 Å². The van der Waals surface area contributed by atoms with E-state index in [-0.39, 0.29) is 17.3 Å². The van der Waals surface area contributed by atoms with Crippen LogP contribution in [-0.2, 0) is 15.4 Å². The minimum absolute atomic E-state index is 0.143. The Kier molecular flexibility index (Phi) is 4.51. The maximum absolute atomic E-state index is 12.7. The predicted octanol–water partition coefficient (Wildman–Crippen LogP) is 0.821. The van der Waals surface area contributed by atoms with Crippen LogP contribution in [-0.4, -0.2) is 28.7 Å². The van der Waals surface area contributed by atoms with Gasteiger partial charge in [-0.2, -0.15) is 0 Å². The van der Waals surface area contributed by atoms with Gasteiger partial charge < -0.3 is 9.47 Å². The summed E-state index contributed by atoms with van der Waals surface area (Å²) in [5.41, 5.74) is 0. The maximum Gasteiger partial charge on any atom is 0.172 e. The van der Waals surface area contributed by atoms with E-state index in [9.17, 15) is 12.8 Å². The Labute approximate surface area is 88.6 Å². The zero-order valence-corrected chi connectivity index (χ0v) is 9.00. The Morgan fingerprint density at radius 3 is 2.67 bits per heavy atom. The van der Waals surface area contributed by atoms with Crippen molar-refractivity contribution < 1.29 is 22.3 Å². The molecule has 0 saturated carbocycles. The van der Waals surface area contributed by atoms with Crippen LogP contribution in [0.15, 0.2) is 23.1 Å². The second-order valence-corrected chi connectivity index (χ2v) is 3.71. The van der Waals surface area contributed by atoms with E-state index in [1.54, 1.807) is 0 Å². The van der Waals surface area contributed by atoms with Gasteiger partial charge in [0.05, 0.1) is 6.61 Å². The second kappa shape index (κ2) is 5.67. The highest BCUT2D eigenvalue weighted by molar-refractivity contribution is 7.72. The van der Waals surface area contributed by atoms with Crippen molar-refractivity contribution in [2.45, 2.75) is 4.90 Å². The SMILES string of the molecule is COCCOc1ccc(F)cc1[SH](=O)=O. The zero-order chi connectivity index (χ0) is 11.3. The molecule has 84 valence electrons. The quantitative estimate of drug-likeness (QED) is 0.605. The predicted molar refractivity (Wildman–Crippen MR) is 52.4 cm³/mol. The lowest BCUT2D eigenvalue weighted by molar-refractivity contribution is 0.144. The molecule has 1 aromatic carbocycles. The van der Waals surface area contributed by atoms with Gasteiger partial charge in [-0.15, -0.1) is 0 Å². The highest BCUT2D eigenvalue weighted by atomic mass is 32.2. The molecular formula is C9H11FO4S. The molecular weight excluding hydrogens is 223 g/mol. The van der Waals surface area contributed by atoms with Crippen molar-refractivity contribution >= 4 is 10.7 Å². The lowest BCUT2D eigenvalue weighted by atomic mass is 10.3. The van der Waals surface area contributed by atoms with E-state index < -0.39 is 16.5 Å². The third-order valence-corrected chi connectivity index (χ3v) is 2.41. The van der Waals surface area contributed by atoms with E-state index in [1.807, 2.05) is 0 Å². The second-order valence-electron chi connectivity index (χ2n) is 2.71. The standard InChI is InChI=1S/C9H11FO4S/c1-13-4-5-14-8-3-2-7(10)6-9(8)15(11)12/h2-3,6,15H,4-5H2,1H3. The van der Waals surface area contributed by atoms with Crippen molar-refractivity contribution in [2.24, 2.45) is 0 Å². The molecule has 0 atom stereocenters. The maximum atomic E-state index is 12.7. The molecule has 0 aliphatic carbocycles. The summed E-state index contributed by atoms with van der Waals surface area (Å²) in [5.74, 6) is -0.465. The van der Waals surface area contributed by atoms with Gasteiger partial charge in [0.1, 0.15) is 23.1 Å². The number of halogens is 1. The van der Waals surface area contributed by atoms with Gasteiger partial charge in [0.25, 0.3) is 0 Å². The minimum Gasteiger partial charge on any atom is -0.490 e. The molecule has 0 radical (unpaired) electrons. The van der Waals surface area contributed by atoms with E-state index in [4.69, 9.17) is 9.47 Å². The van der Waals surface area contributed by atoms with Crippen LogP contribution in [0.5, 0.6) is 5.75 Å². The monoisotopic (exact) mass is 234 g/mol. The lowest BCUT2D eigenvalue weighted by Crippen LogP contribution is -2.05. The fraction of sp³-hybridized carbons (Fsp3) is 0.333. The number of thiol groups is 1. The van der Waals surface area contributed by atoms with Gasteiger partial charge >= 0.3 is 0 Å². The summed E-state index contributed by atoms with van der Waals surface area (Å²) in [6, 6.07) is 3.35. The van der Waals surface area contributed by atoms with Crippen molar-refractivity contribution in [3.05, 3.63) is 24.0 Å². The summed E-state index contributed by atoms with van der Waals surface area (Å²) in [4.78, 5) is -0.152. The molecule has 1 rings (SSSR count). The van der Waals surface area contributed by atoms with Gasteiger partial charge in [0.15, 0.2) is 10.7 Å². The molecule has 15 heavy (non-hydrogen) atoms. The molecule has 0 aliphatic rings. The average molecular weight is 234 g/mol. The zero-order valence-electron chi connectivity index (χ0n) is 8.10. The molecule has 0 amide bonds. The summed E-state index contributed by atoms with van der Waals surface area (Å²) in [6.07, 6.45) is 0. The first-order chi connectivity index (χ1) is 7.15. The fourth-order valence-corrected chi connectivity index (χ4v) is 1.54. The molecule has 0 aliphatic heterocycles. The molecule has 0 N–H and O–H groups in total. The van der Waals surface area contributed by atoms with Gasteiger partial charge in [-0.3, -0.25) is 0 Å². The molecule has 4 nitrogen and oxygen atoms in total. The average Bonchev–Trinajstić information content (AvgIpc) is 2.20. The number of rotatable bonds is 5. The largest absolute Gasteiger partial charge is 0.490 e. The first kappa shape index (κ1) is 11.9. The van der Waals surface area contributed by atoms with Gasteiger partial charge in [-0.25, -0.2) is 12.8 Å². The summed E-state index contributed by atoms with van der Waals surface area (Å²) >= 11 is 0. The number of ether oxygens (including phenoxy) is 2. The van der Waals surface area contributed by atoms with Crippen molar-refractivity contribution in [1.82, 2.24) is 0 Å². The highest BCUT2D eigenvalue weighted by Gasteiger charge is 2.07. The van der Waals surface area contributed by atoms with E-state index in [0.29, 0.717) is 6.61 Å². The molecule has 1 aromatic rings. The van der Waals surface area contributed by atoms with E-state index in [1.165, 1.54) is 13.2 Å². The molecule has 0 spiro atoms. The van der Waals surface area contributed by atoms with Gasteiger partial charge in [0, 0.05) is 7.11 Å². The normalized spacial score (nSPS) is 10.6. The summed E-state index contributed by atoms with van der Waals surface area (Å²) in [7, 11) is -1.36. The summed E-state index contributed by atoms with van der Waals surface area (Å²) in [6.45, 7) is 0.560. The molecule has 0 bridgehead atoms. The van der Waals surface area contributed by atoms with Gasteiger partial charge in [-0.1, -0.05) is 0 Å². The molecule has 6 heteroatoms. The Bertz CT molecular complexity index is 395. The van der Waals surface area contributed by atoms with Crippen LogP contribution in [0.25, 0.3) is 0 Å². The third kappa shape index (κ3) is 3.49. The van der Waals surface area contributed by atoms with Crippen LogP contribution in [0.3, 0.4) is 0 Å². The first-order valence-corrected chi connectivity index (χ1v) is 5.38. The van der Waals surface area contributed by atoms with Crippen molar-refractivity contribution in [1.29, 1.82) is 0 Å². The van der Waals surface area contributed by atoms with Crippen LogP contribution < -0.4 is 4.74 Å². The number of methoxy groups -OCH3 is 1. The lowest BCUT2D eigenvalue weighted by Gasteiger charge is -2.07. The molecule has 0 unspecified atom stereocenters. The van der Waals surface area contributed by atoms with Crippen molar-refractivity contribution in [3.8, 4) is 5.75 Å². The van der Waals surface area contributed by atoms with Crippen LogP contribution in [0.2, 0.25) is 0 Å². The number of hydrogen-bond donors (Lipinski definition) is 1. The van der Waals surface area contributed by atoms with Crippen LogP contribution in [0, 0.1) is 5.82 Å². The number of hydrogen-bond acceptors (Lipinski definition) is 4. The Morgan fingerprint density at radius 1 is 1.33 bits per heavy atom. The van der Waals surface area contributed by atoms with Gasteiger partial charge in [-0.05, 0) is 18.2 Å². The van der Waals surface area contributed by atoms with Crippen LogP contribution in [0.1, 0.15) is 0 Å². The summed E-state index contributed by atoms with van der Waals surface area (Å²) in [5, 5.41) is 0. The van der Waals surface area contributed by atoms with E-state index in [2.05, 4.69) is 0 Å². The number of benzene rings is 1. The topological polar surface area (TPSA) is 52.6 Å². The first-order valence-electron chi connectivity index (χ1n) is 4.21. The smallest absolute Gasteiger partial charge is 0.172 e. The molecule has 0 aromatic heterocycles. The van der Waals surface area contributed by atoms with Crippen molar-refractivity contribution in [2.75, 3.05) is 20.3 Å². The van der Waals surface area contributed by atoms with Crippen LogP contribution >= 0.6 is 0 Å². The molecule has 0 fully saturated rings. The minimum atomic E-state index is -2.86. The van der Waals surface area contributed by atoms with Gasteiger partial charge in [0.2, 0.25) is 0 Å². The van der Waals surface area contributed by atoms with E-state index >= 15 is 0 Å². The third-order valence-electron chi connectivity index (χ3n) is 1.66. The Morgan fingerprint density at radius 2 is 2.07 bits per heavy atom. The Hall–Kier alpha value is -1.14. The Balaban J connectivity index is 2.86. The fourth-order valence-electron chi connectivity index (χ4n) is 0.990.